The van der Waals surface area contributed by atoms with Gasteiger partial charge in [-0.15, -0.1) is 5.10 Å². The number of carbonyl (C=O) groups excluding carboxylic acids is 1. The topological polar surface area (TPSA) is 85.8 Å². The maximum absolute atomic E-state index is 12.0. The molecule has 0 saturated heterocycles. The van der Waals surface area contributed by atoms with Crippen molar-refractivity contribution in [3.8, 4) is 11.5 Å². The second-order valence-corrected chi connectivity index (χ2v) is 4.65. The summed E-state index contributed by atoms with van der Waals surface area (Å²) in [5.74, 6) is -0.0757. The Labute approximate surface area is 124 Å². The van der Waals surface area contributed by atoms with Crippen molar-refractivity contribution in [2.75, 3.05) is 5.32 Å². The summed E-state index contributed by atoms with van der Waals surface area (Å²) in [5, 5.41) is 14.7. The number of nitrogens with zero attached hydrogens (tertiary/aromatic N) is 4. The number of carbonyl (C=O) groups is 1. The fourth-order valence-electron chi connectivity index (χ4n) is 1.74. The lowest BCUT2D eigenvalue weighted by Crippen LogP contribution is -2.16. The van der Waals surface area contributed by atoms with Crippen LogP contribution >= 0.6 is 11.6 Å². The Bertz CT molecular complexity index is 778. The number of hydrogen-bond donors (Lipinski definition) is 1. The van der Waals surface area contributed by atoms with Crippen LogP contribution < -0.4 is 5.32 Å². The van der Waals surface area contributed by atoms with Crippen LogP contribution in [0, 0.1) is 0 Å². The molecule has 8 heteroatoms. The smallest absolute Gasteiger partial charge is 0.322 e. The monoisotopic (exact) mass is 303 g/mol. The molecule has 0 fully saturated rings. The van der Waals surface area contributed by atoms with E-state index in [1.165, 1.54) is 10.9 Å². The average Bonchev–Trinajstić information content (AvgIpc) is 3.09. The molecule has 0 atom stereocenters. The van der Waals surface area contributed by atoms with E-state index in [0.29, 0.717) is 22.2 Å². The Morgan fingerprint density at radius 2 is 2.00 bits per heavy atom. The van der Waals surface area contributed by atoms with Crippen molar-refractivity contribution in [2.45, 2.75) is 0 Å². The number of rotatable bonds is 3. The van der Waals surface area contributed by atoms with Gasteiger partial charge in [0.2, 0.25) is 5.89 Å². The first-order chi connectivity index (χ1) is 10.1. The molecule has 1 aromatic carbocycles. The van der Waals surface area contributed by atoms with Gasteiger partial charge in [0.05, 0.1) is 0 Å². The highest BCUT2D eigenvalue weighted by atomic mass is 35.5. The Balaban J connectivity index is 1.78. The molecule has 0 bridgehead atoms. The summed E-state index contributed by atoms with van der Waals surface area (Å²) in [5.41, 5.74) is 1.11. The van der Waals surface area contributed by atoms with Crippen molar-refractivity contribution in [1.29, 1.82) is 0 Å². The van der Waals surface area contributed by atoms with Gasteiger partial charge >= 0.3 is 6.01 Å². The summed E-state index contributed by atoms with van der Waals surface area (Å²) in [7, 11) is 1.67. The SMILES string of the molecule is Cn1nccc1C(=O)Nc1nnc(-c2ccc(Cl)cc2)o1. The number of halogens is 1. The van der Waals surface area contributed by atoms with E-state index in [4.69, 9.17) is 16.0 Å². The van der Waals surface area contributed by atoms with E-state index in [2.05, 4.69) is 20.6 Å². The zero-order chi connectivity index (χ0) is 14.8. The normalized spacial score (nSPS) is 10.6. The number of nitrogens with one attached hydrogen (secondary N) is 1. The van der Waals surface area contributed by atoms with Crippen LogP contribution in [0.15, 0.2) is 40.9 Å². The third-order valence-electron chi connectivity index (χ3n) is 2.79. The minimum atomic E-state index is -0.374. The molecule has 0 spiro atoms. The molecule has 0 radical (unpaired) electrons. The number of anilines is 1. The standard InChI is InChI=1S/C13H10ClN5O2/c1-19-10(6-7-15-19)11(20)16-13-18-17-12(21-13)8-2-4-9(14)5-3-8/h2-7H,1H3,(H,16,18,20). The van der Waals surface area contributed by atoms with Crippen molar-refractivity contribution in [3.05, 3.63) is 47.2 Å². The minimum absolute atomic E-state index is 0.0196. The lowest BCUT2D eigenvalue weighted by molar-refractivity contribution is 0.101. The molecule has 0 aliphatic carbocycles. The fourth-order valence-corrected chi connectivity index (χ4v) is 1.87. The predicted molar refractivity (Wildman–Crippen MR) is 75.9 cm³/mol. The molecule has 0 aliphatic heterocycles. The summed E-state index contributed by atoms with van der Waals surface area (Å²) in [6.45, 7) is 0. The van der Waals surface area contributed by atoms with Crippen LogP contribution in [-0.2, 0) is 7.05 Å². The van der Waals surface area contributed by atoms with Crippen LogP contribution in [0.3, 0.4) is 0 Å². The molecular formula is C13H10ClN5O2. The van der Waals surface area contributed by atoms with Crippen molar-refractivity contribution in [2.24, 2.45) is 7.05 Å². The fraction of sp³-hybridized carbons (Fsp3) is 0.0769. The van der Waals surface area contributed by atoms with Crippen LogP contribution in [0.1, 0.15) is 10.5 Å². The number of hydrogen-bond acceptors (Lipinski definition) is 5. The van der Waals surface area contributed by atoms with Gasteiger partial charge in [0, 0.05) is 23.8 Å². The van der Waals surface area contributed by atoms with Gasteiger partial charge in [-0.25, -0.2) is 0 Å². The first-order valence-corrected chi connectivity index (χ1v) is 6.40. The van der Waals surface area contributed by atoms with Crippen LogP contribution in [0.2, 0.25) is 5.02 Å². The van der Waals surface area contributed by atoms with E-state index >= 15 is 0 Å². The molecule has 3 aromatic rings. The van der Waals surface area contributed by atoms with E-state index in [-0.39, 0.29) is 11.9 Å². The quantitative estimate of drug-likeness (QED) is 0.803. The summed E-state index contributed by atoms with van der Waals surface area (Å²) in [6.07, 6.45) is 1.53. The van der Waals surface area contributed by atoms with Gasteiger partial charge in [0.15, 0.2) is 0 Å². The molecule has 2 heterocycles. The molecule has 0 saturated carbocycles. The number of aromatic nitrogens is 4. The Morgan fingerprint density at radius 1 is 1.24 bits per heavy atom. The number of aryl methyl sites for hydroxylation is 1. The van der Waals surface area contributed by atoms with Crippen LogP contribution in [0.5, 0.6) is 0 Å². The van der Waals surface area contributed by atoms with Gasteiger partial charge in [0.1, 0.15) is 5.69 Å². The summed E-state index contributed by atoms with van der Waals surface area (Å²) in [6, 6.07) is 8.55. The third-order valence-corrected chi connectivity index (χ3v) is 3.04. The van der Waals surface area contributed by atoms with Crippen LogP contribution in [0.25, 0.3) is 11.5 Å². The van der Waals surface area contributed by atoms with Crippen LogP contribution in [0.4, 0.5) is 6.01 Å². The van der Waals surface area contributed by atoms with E-state index in [1.807, 2.05) is 0 Å². The first-order valence-electron chi connectivity index (χ1n) is 6.02. The Morgan fingerprint density at radius 3 is 2.67 bits per heavy atom. The van der Waals surface area contributed by atoms with E-state index in [9.17, 15) is 4.79 Å². The lowest BCUT2D eigenvalue weighted by atomic mass is 10.2. The highest BCUT2D eigenvalue weighted by Crippen LogP contribution is 2.21. The molecule has 0 unspecified atom stereocenters. The zero-order valence-electron chi connectivity index (χ0n) is 10.9. The van der Waals surface area contributed by atoms with E-state index < -0.39 is 0 Å². The predicted octanol–water partition coefficient (Wildman–Crippen LogP) is 2.38. The molecule has 106 valence electrons. The summed E-state index contributed by atoms with van der Waals surface area (Å²) < 4.78 is 6.84. The van der Waals surface area contributed by atoms with Crippen molar-refractivity contribution < 1.29 is 9.21 Å². The highest BCUT2D eigenvalue weighted by Gasteiger charge is 2.14. The zero-order valence-corrected chi connectivity index (χ0v) is 11.7. The molecule has 7 nitrogen and oxygen atoms in total. The van der Waals surface area contributed by atoms with Gasteiger partial charge in [-0.05, 0) is 30.3 Å². The average molecular weight is 304 g/mol. The highest BCUT2D eigenvalue weighted by molar-refractivity contribution is 6.30. The van der Waals surface area contributed by atoms with Gasteiger partial charge in [0.25, 0.3) is 5.91 Å². The van der Waals surface area contributed by atoms with E-state index in [1.54, 1.807) is 37.4 Å². The Kier molecular flexibility index (Phi) is 3.41. The van der Waals surface area contributed by atoms with E-state index in [0.717, 1.165) is 0 Å². The molecule has 1 amide bonds. The maximum Gasteiger partial charge on any atom is 0.322 e. The minimum Gasteiger partial charge on any atom is -0.403 e. The third kappa shape index (κ3) is 2.77. The van der Waals surface area contributed by atoms with Crippen LogP contribution in [-0.4, -0.2) is 25.9 Å². The lowest BCUT2D eigenvalue weighted by Gasteiger charge is -2.00. The Hall–Kier alpha value is -2.67. The first kappa shape index (κ1) is 13.3. The van der Waals surface area contributed by atoms with Gasteiger partial charge in [-0.1, -0.05) is 16.7 Å². The summed E-state index contributed by atoms with van der Waals surface area (Å²) >= 11 is 5.81. The molecular weight excluding hydrogens is 294 g/mol. The van der Waals surface area contributed by atoms with Gasteiger partial charge in [-0.3, -0.25) is 14.8 Å². The number of amides is 1. The molecule has 3 rings (SSSR count). The second kappa shape index (κ2) is 5.37. The molecule has 2 aromatic heterocycles. The largest absolute Gasteiger partial charge is 0.403 e. The summed E-state index contributed by atoms with van der Waals surface area (Å²) in [4.78, 5) is 12.0. The van der Waals surface area contributed by atoms with Crippen molar-refractivity contribution in [3.63, 3.8) is 0 Å². The molecule has 1 N–H and O–H groups in total. The van der Waals surface area contributed by atoms with Crippen molar-refractivity contribution in [1.82, 2.24) is 20.0 Å². The number of benzene rings is 1. The van der Waals surface area contributed by atoms with Crippen molar-refractivity contribution >= 4 is 23.5 Å². The van der Waals surface area contributed by atoms with Gasteiger partial charge < -0.3 is 4.42 Å². The molecule has 21 heavy (non-hydrogen) atoms. The van der Waals surface area contributed by atoms with Gasteiger partial charge in [-0.2, -0.15) is 5.10 Å². The maximum atomic E-state index is 12.0. The second-order valence-electron chi connectivity index (χ2n) is 4.21. The molecule has 0 aliphatic rings.